The van der Waals surface area contributed by atoms with Crippen molar-refractivity contribution < 1.29 is 23.5 Å². The first-order valence-electron chi connectivity index (χ1n) is 9.63. The highest BCUT2D eigenvalue weighted by Gasteiger charge is 2.20. The number of hydrogen-bond donors (Lipinski definition) is 1. The summed E-state index contributed by atoms with van der Waals surface area (Å²) in [7, 11) is 1.28. The van der Waals surface area contributed by atoms with Crippen LogP contribution in [0.1, 0.15) is 10.4 Å². The molecular weight excluding hydrogens is 415 g/mol. The topological polar surface area (TPSA) is 87.4 Å². The van der Waals surface area contributed by atoms with Crippen molar-refractivity contribution in [2.45, 2.75) is 0 Å². The third-order valence-electron chi connectivity index (χ3n) is 4.61. The molecule has 8 nitrogen and oxygen atoms in total. The highest BCUT2D eigenvalue weighted by molar-refractivity contribution is 6.06. The van der Waals surface area contributed by atoms with Crippen molar-refractivity contribution >= 4 is 17.6 Å². The highest BCUT2D eigenvalue weighted by atomic mass is 19.1. The molecular formula is C23H19FN4O4. The molecule has 2 aromatic heterocycles. The smallest absolute Gasteiger partial charge is 0.343 e. The van der Waals surface area contributed by atoms with Crippen LogP contribution >= 0.6 is 0 Å². The molecule has 0 atom stereocenters. The standard InChI is InChI=1S/C23H19FN4O4/c1-31-21(29)15-32-19-10-6-17(7-11-19)26-22(30)20-14-25-28(18-8-4-16(24)5-9-18)23(20)27-12-2-3-13-27/h2-14H,15H2,1H3,(H,26,30). The first kappa shape index (κ1) is 20.9. The Morgan fingerprint density at radius 1 is 1.03 bits per heavy atom. The number of aromatic nitrogens is 3. The number of nitrogens with zero attached hydrogens (tertiary/aromatic N) is 3. The highest BCUT2D eigenvalue weighted by Crippen LogP contribution is 2.22. The molecule has 1 amide bonds. The maximum absolute atomic E-state index is 13.4. The molecule has 4 aromatic rings. The Bertz CT molecular complexity index is 1220. The molecule has 32 heavy (non-hydrogen) atoms. The van der Waals surface area contributed by atoms with Gasteiger partial charge < -0.3 is 19.4 Å². The summed E-state index contributed by atoms with van der Waals surface area (Å²) in [5.74, 6) is -0.244. The number of esters is 1. The fourth-order valence-electron chi connectivity index (χ4n) is 3.03. The van der Waals surface area contributed by atoms with Gasteiger partial charge >= 0.3 is 5.97 Å². The Kier molecular flexibility index (Phi) is 5.98. The van der Waals surface area contributed by atoms with E-state index in [2.05, 4.69) is 15.2 Å². The maximum Gasteiger partial charge on any atom is 0.343 e. The molecule has 2 aromatic carbocycles. The van der Waals surface area contributed by atoms with Crippen molar-refractivity contribution in [3.05, 3.63) is 90.6 Å². The molecule has 0 aliphatic heterocycles. The van der Waals surface area contributed by atoms with Gasteiger partial charge in [-0.2, -0.15) is 5.10 Å². The van der Waals surface area contributed by atoms with E-state index in [4.69, 9.17) is 4.74 Å². The lowest BCUT2D eigenvalue weighted by Crippen LogP contribution is -2.15. The van der Waals surface area contributed by atoms with Gasteiger partial charge in [0.25, 0.3) is 5.91 Å². The van der Waals surface area contributed by atoms with Gasteiger partial charge in [-0.3, -0.25) is 4.79 Å². The van der Waals surface area contributed by atoms with Crippen molar-refractivity contribution in [3.63, 3.8) is 0 Å². The Labute approximate surface area is 182 Å². The van der Waals surface area contributed by atoms with Gasteiger partial charge in [0, 0.05) is 18.1 Å². The molecule has 0 aliphatic rings. The van der Waals surface area contributed by atoms with E-state index >= 15 is 0 Å². The molecule has 9 heteroatoms. The van der Waals surface area contributed by atoms with E-state index in [0.717, 1.165) is 0 Å². The van der Waals surface area contributed by atoms with Gasteiger partial charge in [0.1, 0.15) is 17.1 Å². The van der Waals surface area contributed by atoms with Crippen LogP contribution in [0.25, 0.3) is 11.5 Å². The molecule has 2 heterocycles. The van der Waals surface area contributed by atoms with Gasteiger partial charge in [0.05, 0.1) is 19.0 Å². The Balaban J connectivity index is 1.57. The Morgan fingerprint density at radius 2 is 1.72 bits per heavy atom. The number of carbonyl (C=O) groups is 2. The number of methoxy groups -OCH3 is 1. The number of carbonyl (C=O) groups excluding carboxylic acids is 2. The summed E-state index contributed by atoms with van der Waals surface area (Å²) in [6.07, 6.45) is 5.05. The zero-order chi connectivity index (χ0) is 22.5. The van der Waals surface area contributed by atoms with Crippen LogP contribution < -0.4 is 10.1 Å². The first-order valence-corrected chi connectivity index (χ1v) is 9.63. The Morgan fingerprint density at radius 3 is 2.38 bits per heavy atom. The van der Waals surface area contributed by atoms with Crippen LogP contribution in [0.4, 0.5) is 10.1 Å². The predicted molar refractivity (Wildman–Crippen MR) is 115 cm³/mol. The minimum atomic E-state index is -0.488. The molecule has 0 bridgehead atoms. The van der Waals surface area contributed by atoms with E-state index in [1.54, 1.807) is 58.0 Å². The second-order valence-corrected chi connectivity index (χ2v) is 6.70. The van der Waals surface area contributed by atoms with E-state index in [-0.39, 0.29) is 18.3 Å². The van der Waals surface area contributed by atoms with E-state index in [9.17, 15) is 14.0 Å². The van der Waals surface area contributed by atoms with E-state index in [1.165, 1.54) is 25.4 Å². The van der Waals surface area contributed by atoms with Crippen LogP contribution in [-0.4, -0.2) is 39.9 Å². The molecule has 0 spiro atoms. The monoisotopic (exact) mass is 434 g/mol. The minimum Gasteiger partial charge on any atom is -0.482 e. The molecule has 0 saturated heterocycles. The summed E-state index contributed by atoms with van der Waals surface area (Å²) in [5, 5.41) is 7.17. The van der Waals surface area contributed by atoms with Gasteiger partial charge in [0.2, 0.25) is 0 Å². The van der Waals surface area contributed by atoms with Crippen molar-refractivity contribution in [1.29, 1.82) is 0 Å². The molecule has 4 rings (SSSR count). The summed E-state index contributed by atoms with van der Waals surface area (Å²) in [6, 6.07) is 16.1. The van der Waals surface area contributed by atoms with Crippen LogP contribution in [0.5, 0.6) is 5.75 Å². The molecule has 0 saturated carbocycles. The summed E-state index contributed by atoms with van der Waals surface area (Å²) in [4.78, 5) is 24.2. The van der Waals surface area contributed by atoms with E-state index in [1.807, 2.05) is 12.1 Å². The van der Waals surface area contributed by atoms with E-state index < -0.39 is 5.97 Å². The van der Waals surface area contributed by atoms with Crippen LogP contribution in [0.2, 0.25) is 0 Å². The van der Waals surface area contributed by atoms with Gasteiger partial charge in [-0.25, -0.2) is 13.9 Å². The molecule has 0 radical (unpaired) electrons. The number of halogens is 1. The molecule has 162 valence electrons. The SMILES string of the molecule is COC(=O)COc1ccc(NC(=O)c2cnn(-c3ccc(F)cc3)c2-n2cccc2)cc1. The lowest BCUT2D eigenvalue weighted by molar-refractivity contribution is -0.142. The third kappa shape index (κ3) is 4.51. The fourth-order valence-corrected chi connectivity index (χ4v) is 3.03. The average Bonchev–Trinajstić information content (AvgIpc) is 3.48. The average molecular weight is 434 g/mol. The second kappa shape index (κ2) is 9.17. The molecule has 1 N–H and O–H groups in total. The largest absolute Gasteiger partial charge is 0.482 e. The number of ether oxygens (including phenoxy) is 2. The lowest BCUT2D eigenvalue weighted by Gasteiger charge is -2.11. The van der Waals surface area contributed by atoms with E-state index in [0.29, 0.717) is 28.5 Å². The molecule has 0 fully saturated rings. The Hall–Kier alpha value is -4.40. The molecule has 0 aliphatic carbocycles. The maximum atomic E-state index is 13.4. The van der Waals surface area contributed by atoms with Gasteiger partial charge in [-0.1, -0.05) is 0 Å². The summed E-state index contributed by atoms with van der Waals surface area (Å²) in [5.41, 5.74) is 1.48. The fraction of sp³-hybridized carbons (Fsp3) is 0.0870. The van der Waals surface area contributed by atoms with Gasteiger partial charge in [-0.05, 0) is 60.7 Å². The molecule has 0 unspecified atom stereocenters. The van der Waals surface area contributed by atoms with Crippen molar-refractivity contribution in [1.82, 2.24) is 14.3 Å². The zero-order valence-corrected chi connectivity index (χ0v) is 17.1. The predicted octanol–water partition coefficient (Wildman–Crippen LogP) is 3.61. The minimum absolute atomic E-state index is 0.203. The van der Waals surface area contributed by atoms with Crippen molar-refractivity contribution in [3.8, 4) is 17.3 Å². The number of benzene rings is 2. The number of rotatable bonds is 7. The van der Waals surface area contributed by atoms with Gasteiger partial charge in [-0.15, -0.1) is 0 Å². The normalized spacial score (nSPS) is 10.6. The van der Waals surface area contributed by atoms with Gasteiger partial charge in [0.15, 0.2) is 12.4 Å². The quantitative estimate of drug-likeness (QED) is 0.449. The number of hydrogen-bond acceptors (Lipinski definition) is 5. The van der Waals surface area contributed by atoms with Crippen LogP contribution in [0.3, 0.4) is 0 Å². The summed E-state index contributed by atoms with van der Waals surface area (Å²) < 4.78 is 26.5. The third-order valence-corrected chi connectivity index (χ3v) is 4.61. The van der Waals surface area contributed by atoms with Crippen molar-refractivity contribution in [2.24, 2.45) is 0 Å². The van der Waals surface area contributed by atoms with Crippen LogP contribution in [0.15, 0.2) is 79.3 Å². The van der Waals surface area contributed by atoms with Crippen molar-refractivity contribution in [2.75, 3.05) is 19.0 Å². The second-order valence-electron chi connectivity index (χ2n) is 6.70. The number of anilines is 1. The number of nitrogens with one attached hydrogen (secondary N) is 1. The van der Waals surface area contributed by atoms with Crippen LogP contribution in [0, 0.1) is 5.82 Å². The first-order chi connectivity index (χ1) is 15.5. The summed E-state index contributed by atoms with van der Waals surface area (Å²) in [6.45, 7) is -0.203. The number of amides is 1. The lowest BCUT2D eigenvalue weighted by atomic mass is 10.2. The van der Waals surface area contributed by atoms with Crippen LogP contribution in [-0.2, 0) is 9.53 Å². The summed E-state index contributed by atoms with van der Waals surface area (Å²) >= 11 is 0. The zero-order valence-electron chi connectivity index (χ0n) is 17.1.